The predicted octanol–water partition coefficient (Wildman–Crippen LogP) is -0.251. The summed E-state index contributed by atoms with van der Waals surface area (Å²) in [6, 6.07) is 0.170. The lowest BCUT2D eigenvalue weighted by molar-refractivity contribution is -0.133. The largest absolute Gasteiger partial charge is 0.377 e. The lowest BCUT2D eigenvalue weighted by Gasteiger charge is -2.32. The van der Waals surface area contributed by atoms with Crippen LogP contribution in [0, 0.1) is 0 Å². The Morgan fingerprint density at radius 3 is 3.15 bits per heavy atom. The van der Waals surface area contributed by atoms with Gasteiger partial charge in [-0.3, -0.25) is 4.79 Å². The normalized spacial score (nSPS) is 23.8. The summed E-state index contributed by atoms with van der Waals surface area (Å²) in [6.07, 6.45) is 3.20. The van der Waals surface area contributed by atoms with Crippen LogP contribution in [0.4, 0.5) is 0 Å². The highest BCUT2D eigenvalue weighted by Crippen LogP contribution is 2.06. The minimum absolute atomic E-state index is 0.0289. The van der Waals surface area contributed by atoms with Crippen molar-refractivity contribution in [3.63, 3.8) is 0 Å². The van der Waals surface area contributed by atoms with Crippen LogP contribution in [0.15, 0.2) is 12.2 Å². The van der Waals surface area contributed by atoms with E-state index < -0.39 is 0 Å². The van der Waals surface area contributed by atoms with Crippen LogP contribution < -0.4 is 5.73 Å². The molecule has 1 aliphatic heterocycles. The van der Waals surface area contributed by atoms with Gasteiger partial charge in [-0.25, -0.2) is 0 Å². The molecule has 4 nitrogen and oxygen atoms in total. The summed E-state index contributed by atoms with van der Waals surface area (Å²) >= 11 is 0. The first-order valence-corrected chi connectivity index (χ1v) is 4.50. The molecule has 1 aliphatic rings. The van der Waals surface area contributed by atoms with Crippen molar-refractivity contribution in [2.24, 2.45) is 5.73 Å². The van der Waals surface area contributed by atoms with Crippen LogP contribution in [-0.4, -0.2) is 43.2 Å². The van der Waals surface area contributed by atoms with E-state index in [1.165, 1.54) is 6.08 Å². The van der Waals surface area contributed by atoms with Crippen molar-refractivity contribution >= 4 is 5.91 Å². The van der Waals surface area contributed by atoms with Crippen molar-refractivity contribution < 1.29 is 9.53 Å². The molecule has 4 heteroatoms. The summed E-state index contributed by atoms with van der Waals surface area (Å²) in [5, 5.41) is 0. The molecule has 0 spiro atoms. The van der Waals surface area contributed by atoms with E-state index in [1.54, 1.807) is 11.0 Å². The summed E-state index contributed by atoms with van der Waals surface area (Å²) in [5.74, 6) is 0.0289. The van der Waals surface area contributed by atoms with E-state index >= 15 is 0 Å². The summed E-state index contributed by atoms with van der Waals surface area (Å²) in [6.45, 7) is 4.32. The zero-order valence-corrected chi connectivity index (χ0v) is 7.90. The molecule has 2 N–H and O–H groups in total. The van der Waals surface area contributed by atoms with Crippen molar-refractivity contribution in [3.8, 4) is 0 Å². The van der Waals surface area contributed by atoms with Crippen LogP contribution >= 0.6 is 0 Å². The fourth-order valence-corrected chi connectivity index (χ4v) is 1.32. The zero-order chi connectivity index (χ0) is 9.68. The fourth-order valence-electron chi connectivity index (χ4n) is 1.32. The highest BCUT2D eigenvalue weighted by atomic mass is 16.5. The molecule has 0 saturated carbocycles. The van der Waals surface area contributed by atoms with Crippen molar-refractivity contribution in [1.82, 2.24) is 4.90 Å². The van der Waals surface area contributed by atoms with Gasteiger partial charge < -0.3 is 15.4 Å². The van der Waals surface area contributed by atoms with E-state index in [9.17, 15) is 4.79 Å². The number of carbonyl (C=O) groups is 1. The smallest absolute Gasteiger partial charge is 0.246 e. The van der Waals surface area contributed by atoms with E-state index in [4.69, 9.17) is 10.5 Å². The van der Waals surface area contributed by atoms with Crippen LogP contribution in [0.25, 0.3) is 0 Å². The van der Waals surface area contributed by atoms with Crippen molar-refractivity contribution in [2.45, 2.75) is 13.0 Å². The Bertz CT molecular complexity index is 204. The Labute approximate surface area is 78.3 Å². The molecular formula is C9H16N2O2. The standard InChI is InChI=1S/C9H16N2O2/c1-8-7-13-6-5-11(8)9(12)3-2-4-10/h2-3,8H,4-7,10H2,1H3/b3-2+/t8-/m1/s1. The zero-order valence-electron chi connectivity index (χ0n) is 7.90. The molecule has 1 fully saturated rings. The molecule has 0 aromatic rings. The van der Waals surface area contributed by atoms with E-state index in [0.29, 0.717) is 26.3 Å². The number of hydrogen-bond donors (Lipinski definition) is 1. The number of hydrogen-bond acceptors (Lipinski definition) is 3. The van der Waals surface area contributed by atoms with Gasteiger partial charge in [0.05, 0.1) is 19.3 Å². The summed E-state index contributed by atoms with van der Waals surface area (Å²) in [4.78, 5) is 13.3. The Morgan fingerprint density at radius 2 is 2.54 bits per heavy atom. The quantitative estimate of drug-likeness (QED) is 0.602. The summed E-state index contributed by atoms with van der Waals surface area (Å²) < 4.78 is 5.22. The monoisotopic (exact) mass is 184 g/mol. The maximum Gasteiger partial charge on any atom is 0.246 e. The molecule has 0 bridgehead atoms. The third-order valence-corrected chi connectivity index (χ3v) is 2.05. The minimum atomic E-state index is 0.0289. The van der Waals surface area contributed by atoms with Gasteiger partial charge >= 0.3 is 0 Å². The predicted molar refractivity (Wildman–Crippen MR) is 50.2 cm³/mol. The van der Waals surface area contributed by atoms with Crippen LogP contribution in [0.3, 0.4) is 0 Å². The van der Waals surface area contributed by atoms with Crippen molar-refractivity contribution in [2.75, 3.05) is 26.3 Å². The van der Waals surface area contributed by atoms with Crippen LogP contribution in [0.5, 0.6) is 0 Å². The number of rotatable bonds is 2. The number of nitrogens with zero attached hydrogens (tertiary/aromatic N) is 1. The molecule has 0 aromatic heterocycles. The van der Waals surface area contributed by atoms with Gasteiger partial charge in [0, 0.05) is 19.2 Å². The topological polar surface area (TPSA) is 55.6 Å². The molecule has 13 heavy (non-hydrogen) atoms. The Kier molecular flexibility index (Phi) is 3.92. The Balaban J connectivity index is 2.48. The SMILES string of the molecule is C[C@@H]1COCCN1C(=O)/C=C/CN. The summed E-state index contributed by atoms with van der Waals surface area (Å²) in [7, 11) is 0. The van der Waals surface area contributed by atoms with Crippen LogP contribution in [0.1, 0.15) is 6.92 Å². The van der Waals surface area contributed by atoms with E-state index in [-0.39, 0.29) is 11.9 Å². The summed E-state index contributed by atoms with van der Waals surface area (Å²) in [5.41, 5.74) is 5.26. The third-order valence-electron chi connectivity index (χ3n) is 2.05. The molecule has 74 valence electrons. The molecule has 0 unspecified atom stereocenters. The first-order valence-electron chi connectivity index (χ1n) is 4.50. The van der Waals surface area contributed by atoms with Crippen LogP contribution in [0.2, 0.25) is 0 Å². The Morgan fingerprint density at radius 1 is 1.77 bits per heavy atom. The molecule has 1 saturated heterocycles. The molecule has 1 amide bonds. The second kappa shape index (κ2) is 4.99. The second-order valence-electron chi connectivity index (χ2n) is 3.09. The average molecular weight is 184 g/mol. The third kappa shape index (κ3) is 2.82. The van der Waals surface area contributed by atoms with E-state index in [1.807, 2.05) is 6.92 Å². The van der Waals surface area contributed by atoms with Crippen molar-refractivity contribution in [1.29, 1.82) is 0 Å². The number of amides is 1. The van der Waals surface area contributed by atoms with Gasteiger partial charge in [-0.05, 0) is 6.92 Å². The van der Waals surface area contributed by atoms with Gasteiger partial charge in [-0.15, -0.1) is 0 Å². The van der Waals surface area contributed by atoms with Crippen molar-refractivity contribution in [3.05, 3.63) is 12.2 Å². The molecule has 0 aromatic carbocycles. The first kappa shape index (κ1) is 10.2. The van der Waals surface area contributed by atoms with Crippen LogP contribution in [-0.2, 0) is 9.53 Å². The highest BCUT2D eigenvalue weighted by molar-refractivity contribution is 5.87. The fraction of sp³-hybridized carbons (Fsp3) is 0.667. The molecular weight excluding hydrogens is 168 g/mol. The highest BCUT2D eigenvalue weighted by Gasteiger charge is 2.21. The maximum atomic E-state index is 11.5. The lowest BCUT2D eigenvalue weighted by Crippen LogP contribution is -2.46. The number of ether oxygens (including phenoxy) is 1. The van der Waals surface area contributed by atoms with Gasteiger partial charge in [0.15, 0.2) is 0 Å². The van der Waals surface area contributed by atoms with E-state index in [2.05, 4.69) is 0 Å². The number of morpholine rings is 1. The van der Waals surface area contributed by atoms with E-state index in [0.717, 1.165) is 0 Å². The minimum Gasteiger partial charge on any atom is -0.377 e. The average Bonchev–Trinajstić information content (AvgIpc) is 2.15. The molecule has 0 aliphatic carbocycles. The van der Waals surface area contributed by atoms with Gasteiger partial charge in [-0.1, -0.05) is 6.08 Å². The maximum absolute atomic E-state index is 11.5. The van der Waals surface area contributed by atoms with Gasteiger partial charge in [0.2, 0.25) is 5.91 Å². The molecule has 1 heterocycles. The number of carbonyl (C=O) groups excluding carboxylic acids is 1. The second-order valence-corrected chi connectivity index (χ2v) is 3.09. The van der Waals surface area contributed by atoms with Gasteiger partial charge in [0.1, 0.15) is 0 Å². The molecule has 0 radical (unpaired) electrons. The first-order chi connectivity index (χ1) is 6.25. The molecule has 1 rings (SSSR count). The van der Waals surface area contributed by atoms with Gasteiger partial charge in [0.25, 0.3) is 0 Å². The number of nitrogens with two attached hydrogens (primary N) is 1. The molecule has 1 atom stereocenters. The lowest BCUT2D eigenvalue weighted by atomic mass is 10.2. The van der Waals surface area contributed by atoms with Gasteiger partial charge in [-0.2, -0.15) is 0 Å². The Hall–Kier alpha value is -0.870.